The molecule has 0 aromatic heterocycles. The zero-order valence-corrected chi connectivity index (χ0v) is 5.73. The highest BCUT2D eigenvalue weighted by Crippen LogP contribution is 2.11. The van der Waals surface area contributed by atoms with E-state index in [1.54, 1.807) is 0 Å². The number of rotatable bonds is 0. The van der Waals surface area contributed by atoms with Crippen LogP contribution in [0.2, 0.25) is 0 Å². The summed E-state index contributed by atoms with van der Waals surface area (Å²) in [6.07, 6.45) is 3.34. The molecular weight excluding hydrogens is 98.1 g/mol. The van der Waals surface area contributed by atoms with Crippen molar-refractivity contribution >= 4 is 6.21 Å². The van der Waals surface area contributed by atoms with Crippen molar-refractivity contribution in [2.45, 2.75) is 20.3 Å². The number of hydrogen-bond acceptors (Lipinski definition) is 0. The van der Waals surface area contributed by atoms with Crippen LogP contribution in [0.3, 0.4) is 0 Å². The van der Waals surface area contributed by atoms with Gasteiger partial charge in [-0.1, -0.05) is 0 Å². The third kappa shape index (κ3) is 0.683. The Morgan fingerprint density at radius 1 is 1.50 bits per heavy atom. The van der Waals surface area contributed by atoms with Gasteiger partial charge in [0.25, 0.3) is 0 Å². The monoisotopic (exact) mass is 110 g/mol. The summed E-state index contributed by atoms with van der Waals surface area (Å²) in [6, 6.07) is 0. The summed E-state index contributed by atoms with van der Waals surface area (Å²) in [7, 11) is 2.09. The molecule has 8 heavy (non-hydrogen) atoms. The molecule has 44 valence electrons. The smallest absolute Gasteiger partial charge is 0.177 e. The summed E-state index contributed by atoms with van der Waals surface area (Å²) in [4.78, 5) is 0. The van der Waals surface area contributed by atoms with Crippen LogP contribution < -0.4 is 0 Å². The standard InChI is InChI=1S/C7H12N/c1-6-4-5-8(3)7(6)2/h5H,4H2,1-3H3/q+1. The Labute approximate surface area is 50.3 Å². The molecule has 0 saturated heterocycles. The molecular formula is C7H12N+. The van der Waals surface area contributed by atoms with Crippen LogP contribution >= 0.6 is 0 Å². The molecule has 0 aromatic rings. The Bertz CT molecular complexity index is 158. The van der Waals surface area contributed by atoms with Gasteiger partial charge in [0.05, 0.1) is 6.42 Å². The maximum absolute atomic E-state index is 2.20. The molecule has 1 nitrogen and oxygen atoms in total. The van der Waals surface area contributed by atoms with Crippen LogP contribution in [-0.2, 0) is 0 Å². The van der Waals surface area contributed by atoms with Gasteiger partial charge in [0.1, 0.15) is 13.3 Å². The van der Waals surface area contributed by atoms with E-state index in [4.69, 9.17) is 0 Å². The SMILES string of the molecule is CC1=C(C)[N+](C)=CC1. The third-order valence-electron chi connectivity index (χ3n) is 1.82. The topological polar surface area (TPSA) is 3.01 Å². The van der Waals surface area contributed by atoms with Gasteiger partial charge in [-0.25, -0.2) is 4.58 Å². The average molecular weight is 110 g/mol. The fourth-order valence-corrected chi connectivity index (χ4v) is 0.860. The molecule has 1 aliphatic rings. The van der Waals surface area contributed by atoms with Crippen LogP contribution in [0.5, 0.6) is 0 Å². The summed E-state index contributed by atoms with van der Waals surface area (Å²) < 4.78 is 2.18. The second kappa shape index (κ2) is 1.73. The molecule has 0 amide bonds. The Morgan fingerprint density at radius 2 is 2.12 bits per heavy atom. The first-order valence-corrected chi connectivity index (χ1v) is 2.94. The largest absolute Gasteiger partial charge is 0.209 e. The van der Waals surface area contributed by atoms with Crippen molar-refractivity contribution < 1.29 is 4.58 Å². The first kappa shape index (κ1) is 5.54. The van der Waals surface area contributed by atoms with Crippen LogP contribution in [0, 0.1) is 0 Å². The minimum Gasteiger partial charge on any atom is -0.209 e. The lowest BCUT2D eigenvalue weighted by molar-refractivity contribution is -0.435. The number of nitrogens with zero attached hydrogens (tertiary/aromatic N) is 1. The lowest BCUT2D eigenvalue weighted by Gasteiger charge is -1.87. The van der Waals surface area contributed by atoms with Gasteiger partial charge in [-0.05, 0) is 6.92 Å². The van der Waals surface area contributed by atoms with Gasteiger partial charge >= 0.3 is 0 Å². The molecule has 0 spiro atoms. The quantitative estimate of drug-likeness (QED) is 0.415. The van der Waals surface area contributed by atoms with E-state index in [2.05, 4.69) is 31.7 Å². The highest BCUT2D eigenvalue weighted by Gasteiger charge is 2.12. The van der Waals surface area contributed by atoms with Crippen molar-refractivity contribution in [3.63, 3.8) is 0 Å². The predicted octanol–water partition coefficient (Wildman–Crippen LogP) is 1.40. The van der Waals surface area contributed by atoms with Crippen molar-refractivity contribution in [2.75, 3.05) is 7.05 Å². The maximum Gasteiger partial charge on any atom is 0.177 e. The lowest BCUT2D eigenvalue weighted by atomic mass is 10.2. The van der Waals surface area contributed by atoms with Gasteiger partial charge < -0.3 is 0 Å². The predicted molar refractivity (Wildman–Crippen MR) is 35.2 cm³/mol. The molecule has 0 N–H and O–H groups in total. The molecule has 1 rings (SSSR count). The normalized spacial score (nSPS) is 19.6. The van der Waals surface area contributed by atoms with Gasteiger partial charge in [-0.3, -0.25) is 0 Å². The van der Waals surface area contributed by atoms with Gasteiger partial charge in [0, 0.05) is 12.5 Å². The Morgan fingerprint density at radius 3 is 2.25 bits per heavy atom. The van der Waals surface area contributed by atoms with Crippen molar-refractivity contribution in [2.24, 2.45) is 0 Å². The van der Waals surface area contributed by atoms with Crippen LogP contribution in [-0.4, -0.2) is 17.8 Å². The molecule has 0 radical (unpaired) electrons. The van der Waals surface area contributed by atoms with Crippen molar-refractivity contribution in [1.29, 1.82) is 0 Å². The molecule has 1 heterocycles. The van der Waals surface area contributed by atoms with Crippen molar-refractivity contribution in [3.05, 3.63) is 11.3 Å². The first-order chi connectivity index (χ1) is 3.72. The minimum atomic E-state index is 1.14. The molecule has 0 aromatic carbocycles. The molecule has 1 aliphatic heterocycles. The fourth-order valence-electron chi connectivity index (χ4n) is 0.860. The minimum absolute atomic E-state index is 1.14. The first-order valence-electron chi connectivity index (χ1n) is 2.94. The molecule has 0 saturated carbocycles. The van der Waals surface area contributed by atoms with E-state index >= 15 is 0 Å². The van der Waals surface area contributed by atoms with Gasteiger partial charge in [0.15, 0.2) is 5.70 Å². The van der Waals surface area contributed by atoms with Crippen molar-refractivity contribution in [1.82, 2.24) is 0 Å². The van der Waals surface area contributed by atoms with E-state index in [1.165, 1.54) is 11.3 Å². The summed E-state index contributed by atoms with van der Waals surface area (Å²) in [5.74, 6) is 0. The zero-order valence-electron chi connectivity index (χ0n) is 5.73. The zero-order chi connectivity index (χ0) is 6.15. The summed E-state index contributed by atoms with van der Waals surface area (Å²) in [5, 5.41) is 0. The average Bonchev–Trinajstić information content (AvgIpc) is 1.98. The molecule has 0 bridgehead atoms. The molecule has 0 unspecified atom stereocenters. The Balaban J connectivity index is 2.88. The van der Waals surface area contributed by atoms with E-state index in [1.807, 2.05) is 0 Å². The highest BCUT2D eigenvalue weighted by atomic mass is 15.0. The molecule has 0 atom stereocenters. The van der Waals surface area contributed by atoms with Crippen molar-refractivity contribution in [3.8, 4) is 0 Å². The van der Waals surface area contributed by atoms with Crippen LogP contribution in [0.4, 0.5) is 0 Å². The van der Waals surface area contributed by atoms with E-state index in [9.17, 15) is 0 Å². The second-order valence-electron chi connectivity index (χ2n) is 2.36. The Hall–Kier alpha value is -0.590. The number of allylic oxidation sites excluding steroid dienone is 2. The number of hydrogen-bond donors (Lipinski definition) is 0. The third-order valence-corrected chi connectivity index (χ3v) is 1.82. The molecule has 0 aliphatic carbocycles. The van der Waals surface area contributed by atoms with Gasteiger partial charge in [-0.15, -0.1) is 0 Å². The summed E-state index contributed by atoms with van der Waals surface area (Å²) >= 11 is 0. The van der Waals surface area contributed by atoms with E-state index < -0.39 is 0 Å². The summed E-state index contributed by atoms with van der Waals surface area (Å²) in [5.41, 5.74) is 2.90. The fraction of sp³-hybridized carbons (Fsp3) is 0.571. The second-order valence-corrected chi connectivity index (χ2v) is 2.36. The maximum atomic E-state index is 2.20. The summed E-state index contributed by atoms with van der Waals surface area (Å²) in [6.45, 7) is 4.33. The van der Waals surface area contributed by atoms with E-state index in [0.717, 1.165) is 6.42 Å². The van der Waals surface area contributed by atoms with Gasteiger partial charge in [0.2, 0.25) is 0 Å². The van der Waals surface area contributed by atoms with E-state index in [0.29, 0.717) is 0 Å². The molecule has 1 heteroatoms. The Kier molecular flexibility index (Phi) is 1.20. The van der Waals surface area contributed by atoms with Crippen LogP contribution in [0.1, 0.15) is 20.3 Å². The van der Waals surface area contributed by atoms with Gasteiger partial charge in [-0.2, -0.15) is 0 Å². The van der Waals surface area contributed by atoms with E-state index in [-0.39, 0.29) is 0 Å². The molecule has 0 fully saturated rings. The van der Waals surface area contributed by atoms with Crippen LogP contribution in [0.25, 0.3) is 0 Å². The lowest BCUT2D eigenvalue weighted by Crippen LogP contribution is -1.96. The highest BCUT2D eigenvalue weighted by molar-refractivity contribution is 5.59. The van der Waals surface area contributed by atoms with Crippen LogP contribution in [0.15, 0.2) is 11.3 Å².